The molecule has 0 aliphatic carbocycles. The number of carbonyl (C=O) groups is 1. The topological polar surface area (TPSA) is 74.6 Å². The van der Waals surface area contributed by atoms with Crippen LogP contribution in [-0.2, 0) is 9.53 Å². The van der Waals surface area contributed by atoms with E-state index in [-0.39, 0.29) is 5.97 Å². The molecule has 7 nitrogen and oxygen atoms in total. The lowest BCUT2D eigenvalue weighted by Gasteiger charge is -2.31. The zero-order valence-electron chi connectivity index (χ0n) is 20.4. The van der Waals surface area contributed by atoms with E-state index in [0.29, 0.717) is 35.3 Å². The maximum Gasteiger partial charge on any atom is 0.338 e. The van der Waals surface area contributed by atoms with Gasteiger partial charge in [-0.3, -0.25) is 4.57 Å². The van der Waals surface area contributed by atoms with Crippen molar-refractivity contribution in [2.45, 2.75) is 52.0 Å². The molecule has 2 heterocycles. The van der Waals surface area contributed by atoms with E-state index in [4.69, 9.17) is 19.2 Å². The van der Waals surface area contributed by atoms with Crippen LogP contribution in [0.15, 0.2) is 53.7 Å². The molecule has 0 saturated carbocycles. The van der Waals surface area contributed by atoms with Gasteiger partial charge < -0.3 is 19.5 Å². The van der Waals surface area contributed by atoms with Crippen molar-refractivity contribution in [3.63, 3.8) is 0 Å². The van der Waals surface area contributed by atoms with E-state index in [0.717, 1.165) is 35.9 Å². The molecular formula is C27H33N3O4. The van der Waals surface area contributed by atoms with E-state index < -0.39 is 6.04 Å². The molecule has 0 saturated heterocycles. The van der Waals surface area contributed by atoms with Gasteiger partial charge in [-0.25, -0.2) is 9.78 Å². The number of rotatable bonds is 10. The molecule has 180 valence electrons. The van der Waals surface area contributed by atoms with Gasteiger partial charge in [0.1, 0.15) is 11.5 Å². The molecule has 1 N–H and O–H groups in total. The minimum atomic E-state index is -0.485. The van der Waals surface area contributed by atoms with Crippen LogP contribution in [0, 0.1) is 0 Å². The maximum atomic E-state index is 13.5. The van der Waals surface area contributed by atoms with Crippen molar-refractivity contribution in [2.24, 2.45) is 0 Å². The van der Waals surface area contributed by atoms with Crippen molar-refractivity contribution in [3.8, 4) is 11.5 Å². The second-order valence-corrected chi connectivity index (χ2v) is 8.52. The van der Waals surface area contributed by atoms with Crippen LogP contribution in [0.3, 0.4) is 0 Å². The van der Waals surface area contributed by atoms with Crippen molar-refractivity contribution >= 4 is 23.0 Å². The fourth-order valence-electron chi connectivity index (χ4n) is 4.52. The highest BCUT2D eigenvalue weighted by molar-refractivity contribution is 5.94. The molecule has 0 bridgehead atoms. The summed E-state index contributed by atoms with van der Waals surface area (Å²) in [6.07, 6.45) is 5.46. The van der Waals surface area contributed by atoms with Gasteiger partial charge in [-0.15, -0.1) is 0 Å². The number of benzene rings is 2. The number of esters is 1. The number of anilines is 1. The van der Waals surface area contributed by atoms with Crippen molar-refractivity contribution < 1.29 is 19.0 Å². The first-order valence-corrected chi connectivity index (χ1v) is 11.9. The minimum Gasteiger partial charge on any atom is -0.497 e. The van der Waals surface area contributed by atoms with E-state index in [1.807, 2.05) is 54.0 Å². The van der Waals surface area contributed by atoms with Gasteiger partial charge in [-0.2, -0.15) is 0 Å². The molecule has 2 aromatic carbocycles. The summed E-state index contributed by atoms with van der Waals surface area (Å²) in [5.41, 5.74) is 3.82. The molecule has 1 aromatic heterocycles. The van der Waals surface area contributed by atoms with E-state index in [1.54, 1.807) is 14.2 Å². The summed E-state index contributed by atoms with van der Waals surface area (Å²) in [5, 5.41) is 3.32. The van der Waals surface area contributed by atoms with Crippen LogP contribution in [-0.4, -0.2) is 36.3 Å². The molecule has 0 radical (unpaired) electrons. The first kappa shape index (κ1) is 23.7. The standard InChI is InChI=1S/C27H33N3O4/c1-5-6-7-8-11-16-34-26(31)24-18(2)28-27-29-21-12-9-10-13-22(21)30(27)25(24)20-17-19(32-3)14-15-23(20)33-4/h9-10,12-15,17,25H,5-8,11,16H2,1-4H3,(H,28,29). The number of fused-ring (bicyclic) bond motifs is 3. The third-order valence-corrected chi connectivity index (χ3v) is 6.26. The molecule has 0 amide bonds. The van der Waals surface area contributed by atoms with Gasteiger partial charge >= 0.3 is 5.97 Å². The predicted molar refractivity (Wildman–Crippen MR) is 133 cm³/mol. The molecule has 1 aliphatic heterocycles. The summed E-state index contributed by atoms with van der Waals surface area (Å²) in [6, 6.07) is 13.0. The highest BCUT2D eigenvalue weighted by Gasteiger charge is 2.36. The van der Waals surface area contributed by atoms with Crippen LogP contribution in [0.2, 0.25) is 0 Å². The minimum absolute atomic E-state index is 0.334. The average molecular weight is 464 g/mol. The first-order valence-electron chi connectivity index (χ1n) is 11.9. The maximum absolute atomic E-state index is 13.5. The summed E-state index contributed by atoms with van der Waals surface area (Å²) >= 11 is 0. The molecule has 3 aromatic rings. The Kier molecular flexibility index (Phi) is 7.40. The Morgan fingerprint density at radius 2 is 1.85 bits per heavy atom. The summed E-state index contributed by atoms with van der Waals surface area (Å²) in [7, 11) is 3.26. The Labute approximate surface area is 200 Å². The van der Waals surface area contributed by atoms with Gasteiger partial charge in [0.15, 0.2) is 0 Å². The van der Waals surface area contributed by atoms with Gasteiger partial charge in [0.25, 0.3) is 0 Å². The Hall–Kier alpha value is -3.48. The smallest absolute Gasteiger partial charge is 0.338 e. The number of para-hydroxylation sites is 2. The number of carbonyl (C=O) groups excluding carboxylic acids is 1. The largest absolute Gasteiger partial charge is 0.497 e. The predicted octanol–water partition coefficient (Wildman–Crippen LogP) is 5.86. The van der Waals surface area contributed by atoms with Gasteiger partial charge in [-0.05, 0) is 43.7 Å². The highest BCUT2D eigenvalue weighted by Crippen LogP contribution is 2.43. The summed E-state index contributed by atoms with van der Waals surface area (Å²) in [4.78, 5) is 18.2. The molecule has 7 heteroatoms. The number of aromatic nitrogens is 2. The lowest BCUT2D eigenvalue weighted by Crippen LogP contribution is -2.29. The van der Waals surface area contributed by atoms with Crippen LogP contribution in [0.4, 0.5) is 5.95 Å². The van der Waals surface area contributed by atoms with Gasteiger partial charge in [0.2, 0.25) is 5.95 Å². The molecule has 1 unspecified atom stereocenters. The van der Waals surface area contributed by atoms with Crippen molar-refractivity contribution in [3.05, 3.63) is 59.3 Å². The number of methoxy groups -OCH3 is 2. The zero-order chi connectivity index (χ0) is 24.1. The van der Waals surface area contributed by atoms with Crippen LogP contribution in [0.5, 0.6) is 11.5 Å². The van der Waals surface area contributed by atoms with E-state index in [2.05, 4.69) is 12.2 Å². The Morgan fingerprint density at radius 3 is 2.62 bits per heavy atom. The van der Waals surface area contributed by atoms with E-state index in [9.17, 15) is 4.79 Å². The lowest BCUT2D eigenvalue weighted by atomic mass is 9.94. The number of imidazole rings is 1. The number of ether oxygens (including phenoxy) is 3. The SMILES string of the molecule is CCCCCCCOC(=O)C1=C(C)Nc2nc3ccccc3n2C1c1cc(OC)ccc1OC. The van der Waals surface area contributed by atoms with Crippen LogP contribution in [0.25, 0.3) is 11.0 Å². The molecular weight excluding hydrogens is 430 g/mol. The first-order chi connectivity index (χ1) is 16.6. The quantitative estimate of drug-likeness (QED) is 0.300. The number of nitrogens with one attached hydrogen (secondary N) is 1. The monoisotopic (exact) mass is 463 g/mol. The van der Waals surface area contributed by atoms with Gasteiger partial charge in [0, 0.05) is 11.3 Å². The molecule has 34 heavy (non-hydrogen) atoms. The van der Waals surface area contributed by atoms with Crippen molar-refractivity contribution in [2.75, 3.05) is 26.1 Å². The van der Waals surface area contributed by atoms with Crippen molar-refractivity contribution in [1.29, 1.82) is 0 Å². The van der Waals surface area contributed by atoms with E-state index >= 15 is 0 Å². The van der Waals surface area contributed by atoms with Crippen LogP contribution >= 0.6 is 0 Å². The Bertz CT molecular complexity index is 1200. The summed E-state index contributed by atoms with van der Waals surface area (Å²) < 4.78 is 19.0. The number of hydrogen-bond donors (Lipinski definition) is 1. The molecule has 1 aliphatic rings. The zero-order valence-corrected chi connectivity index (χ0v) is 20.4. The molecule has 0 fully saturated rings. The number of hydrogen-bond acceptors (Lipinski definition) is 6. The number of allylic oxidation sites excluding steroid dienone is 1. The van der Waals surface area contributed by atoms with Crippen LogP contribution in [0.1, 0.15) is 57.6 Å². The molecule has 4 rings (SSSR count). The van der Waals surface area contributed by atoms with Crippen molar-refractivity contribution in [1.82, 2.24) is 9.55 Å². The molecule has 1 atom stereocenters. The fourth-order valence-corrected chi connectivity index (χ4v) is 4.52. The summed E-state index contributed by atoms with van der Waals surface area (Å²) in [6.45, 7) is 4.48. The Morgan fingerprint density at radius 1 is 1.06 bits per heavy atom. The third kappa shape index (κ3) is 4.60. The normalized spacial score (nSPS) is 15.1. The number of unbranched alkanes of at least 4 members (excludes halogenated alkanes) is 4. The van der Waals surface area contributed by atoms with E-state index in [1.165, 1.54) is 12.8 Å². The molecule has 0 spiro atoms. The van der Waals surface area contributed by atoms with Gasteiger partial charge in [-0.1, -0.05) is 44.7 Å². The Balaban J connectivity index is 1.76. The fraction of sp³-hybridized carbons (Fsp3) is 0.407. The second-order valence-electron chi connectivity index (χ2n) is 8.52. The second kappa shape index (κ2) is 10.6. The number of nitrogens with zero attached hydrogens (tertiary/aromatic N) is 2. The average Bonchev–Trinajstić information content (AvgIpc) is 3.22. The lowest BCUT2D eigenvalue weighted by molar-refractivity contribution is -0.139. The summed E-state index contributed by atoms with van der Waals surface area (Å²) in [5.74, 6) is 1.68. The van der Waals surface area contributed by atoms with Crippen LogP contribution < -0.4 is 14.8 Å². The van der Waals surface area contributed by atoms with Gasteiger partial charge in [0.05, 0.1) is 43.5 Å². The third-order valence-electron chi connectivity index (χ3n) is 6.26. The highest BCUT2D eigenvalue weighted by atomic mass is 16.5.